The Bertz CT molecular complexity index is 1630. The monoisotopic (exact) mass is 481 g/mol. The number of nitrogens with zero attached hydrogens (tertiary/aromatic N) is 4. The second kappa shape index (κ2) is 8.35. The molecule has 1 unspecified atom stereocenters. The fourth-order valence-corrected chi connectivity index (χ4v) is 4.63. The summed E-state index contributed by atoms with van der Waals surface area (Å²) < 4.78 is 7.43. The predicted octanol–water partition coefficient (Wildman–Crippen LogP) is 1.22. The summed E-state index contributed by atoms with van der Waals surface area (Å²) >= 11 is 0. The Morgan fingerprint density at radius 2 is 1.75 bits per heavy atom. The highest BCUT2D eigenvalue weighted by Crippen LogP contribution is 2.33. The Balaban J connectivity index is 1.42. The van der Waals surface area contributed by atoms with Gasteiger partial charge in [0.1, 0.15) is 18.7 Å². The van der Waals surface area contributed by atoms with Crippen molar-refractivity contribution in [2.75, 3.05) is 12.3 Å². The Hall–Kier alpha value is -4.43. The van der Waals surface area contributed by atoms with Crippen LogP contribution in [0.4, 0.5) is 5.82 Å². The molecule has 2 aliphatic rings. The molecular weight excluding hydrogens is 462 g/mol. The number of imidazole rings is 1. The fourth-order valence-electron chi connectivity index (χ4n) is 4.63. The van der Waals surface area contributed by atoms with E-state index in [-0.39, 0.29) is 36.2 Å². The Kier molecular flexibility index (Phi) is 5.12. The van der Waals surface area contributed by atoms with Crippen molar-refractivity contribution in [2.45, 2.75) is 24.9 Å². The van der Waals surface area contributed by atoms with Gasteiger partial charge >= 0.3 is 0 Å². The van der Waals surface area contributed by atoms with Gasteiger partial charge in [-0.05, 0) is 24.1 Å². The summed E-state index contributed by atoms with van der Waals surface area (Å²) in [5.41, 5.74) is 8.60. The summed E-state index contributed by atoms with van der Waals surface area (Å²) in [5, 5.41) is 19.7. The van der Waals surface area contributed by atoms with Gasteiger partial charge in [-0.15, -0.1) is 0 Å². The lowest BCUT2D eigenvalue weighted by atomic mass is 9.83. The average Bonchev–Trinajstić information content (AvgIpc) is 3.46. The smallest absolute Gasteiger partial charge is 0.194 e. The highest BCUT2D eigenvalue weighted by Gasteiger charge is 2.36. The van der Waals surface area contributed by atoms with Crippen LogP contribution in [-0.4, -0.2) is 60.1 Å². The van der Waals surface area contributed by atoms with Crippen molar-refractivity contribution in [2.24, 2.45) is 0 Å². The van der Waals surface area contributed by atoms with Gasteiger partial charge in [0.15, 0.2) is 34.4 Å². The molecular formula is C26H19N5O5. The zero-order valence-electron chi connectivity index (χ0n) is 18.8. The standard InChI is InChI=1S/C26H19N5O5/c27-25-22-26(29-12-28-25)31(21-10-18(33)19(11-32)36-21)20(30-22)8-6-13-5-7-16-17(9-13)24(35)15-4-2-1-3-14(15)23(16)34/h1-5,7,9,12,18-19,21,32-33H,10-11H2,(H2,27,28,29)/t18?,19-,21-/m1/s1. The Morgan fingerprint density at radius 1 is 1.03 bits per heavy atom. The molecule has 6 rings (SSSR count). The van der Waals surface area contributed by atoms with Gasteiger partial charge in [0.2, 0.25) is 0 Å². The Morgan fingerprint density at radius 3 is 2.47 bits per heavy atom. The lowest BCUT2D eigenvalue weighted by Crippen LogP contribution is -2.24. The molecule has 1 fully saturated rings. The molecule has 4 aromatic rings. The number of carbonyl (C=O) groups excluding carboxylic acids is 2. The van der Waals surface area contributed by atoms with Crippen LogP contribution in [0.1, 0.15) is 55.9 Å². The van der Waals surface area contributed by atoms with E-state index in [2.05, 4.69) is 26.8 Å². The molecule has 1 saturated heterocycles. The van der Waals surface area contributed by atoms with Crippen molar-refractivity contribution >= 4 is 28.5 Å². The quantitative estimate of drug-likeness (QED) is 0.316. The van der Waals surface area contributed by atoms with Gasteiger partial charge in [0.05, 0.1) is 12.7 Å². The van der Waals surface area contributed by atoms with E-state index in [9.17, 15) is 19.8 Å². The van der Waals surface area contributed by atoms with E-state index in [0.29, 0.717) is 39.0 Å². The predicted molar refractivity (Wildman–Crippen MR) is 127 cm³/mol. The van der Waals surface area contributed by atoms with Crippen LogP contribution in [0.2, 0.25) is 0 Å². The summed E-state index contributed by atoms with van der Waals surface area (Å²) in [6.45, 7) is -0.340. The van der Waals surface area contributed by atoms with Gasteiger partial charge in [-0.25, -0.2) is 15.0 Å². The maximum absolute atomic E-state index is 13.0. The number of nitrogen functional groups attached to an aromatic ring is 1. The minimum Gasteiger partial charge on any atom is -0.394 e. The van der Waals surface area contributed by atoms with Crippen LogP contribution in [0.25, 0.3) is 11.2 Å². The van der Waals surface area contributed by atoms with Crippen LogP contribution >= 0.6 is 0 Å². The SMILES string of the molecule is Nc1ncnc2c1nc(C#Cc1ccc3c(c1)C(=O)c1ccccc1C3=O)n2[C@H]1CC(O)[C@@H](CO)O1. The molecule has 2 aromatic heterocycles. The molecule has 4 N–H and O–H groups in total. The van der Waals surface area contributed by atoms with Crippen LogP contribution in [-0.2, 0) is 4.74 Å². The molecule has 0 saturated carbocycles. The number of aliphatic hydroxyl groups excluding tert-OH is 2. The number of ketones is 2. The average molecular weight is 481 g/mol. The first-order chi connectivity index (χ1) is 17.5. The number of aromatic nitrogens is 4. The molecule has 0 spiro atoms. The number of ether oxygens (including phenoxy) is 1. The molecule has 3 atom stereocenters. The van der Waals surface area contributed by atoms with E-state index in [1.165, 1.54) is 6.33 Å². The van der Waals surface area contributed by atoms with Crippen LogP contribution in [0.5, 0.6) is 0 Å². The van der Waals surface area contributed by atoms with Crippen LogP contribution < -0.4 is 5.73 Å². The van der Waals surface area contributed by atoms with Crippen LogP contribution in [0, 0.1) is 11.8 Å². The molecule has 1 aliphatic carbocycles. The number of aliphatic hydroxyl groups is 2. The molecule has 0 bridgehead atoms. The lowest BCUT2D eigenvalue weighted by molar-refractivity contribution is -0.0434. The maximum Gasteiger partial charge on any atom is 0.194 e. The molecule has 36 heavy (non-hydrogen) atoms. The van der Waals surface area contributed by atoms with Gasteiger partial charge in [-0.3, -0.25) is 14.2 Å². The van der Waals surface area contributed by atoms with E-state index in [1.807, 2.05) is 0 Å². The van der Waals surface area contributed by atoms with Gasteiger partial charge in [0.25, 0.3) is 0 Å². The lowest BCUT2D eigenvalue weighted by Gasteiger charge is -2.17. The molecule has 2 aromatic carbocycles. The molecule has 1 aliphatic heterocycles. The molecule has 0 radical (unpaired) electrons. The van der Waals surface area contributed by atoms with Crippen molar-refractivity contribution < 1.29 is 24.5 Å². The summed E-state index contributed by atoms with van der Waals surface area (Å²) in [6.07, 6.45) is -0.806. The van der Waals surface area contributed by atoms with Crippen molar-refractivity contribution in [3.8, 4) is 11.8 Å². The minimum absolute atomic E-state index is 0.163. The maximum atomic E-state index is 13.0. The summed E-state index contributed by atoms with van der Waals surface area (Å²) in [4.78, 5) is 38.6. The summed E-state index contributed by atoms with van der Waals surface area (Å²) in [7, 11) is 0. The third-order valence-electron chi connectivity index (χ3n) is 6.42. The van der Waals surface area contributed by atoms with E-state index in [0.717, 1.165) is 0 Å². The molecule has 3 heterocycles. The summed E-state index contributed by atoms with van der Waals surface area (Å²) in [5.74, 6) is 5.97. The number of hydrogen-bond donors (Lipinski definition) is 3. The normalized spacial score (nSPS) is 20.7. The second-order valence-electron chi connectivity index (χ2n) is 8.57. The van der Waals surface area contributed by atoms with Gasteiger partial charge in [0, 0.05) is 34.2 Å². The minimum atomic E-state index is -0.871. The zero-order chi connectivity index (χ0) is 25.0. The highest BCUT2D eigenvalue weighted by molar-refractivity contribution is 6.28. The number of hydrogen-bond acceptors (Lipinski definition) is 9. The third-order valence-corrected chi connectivity index (χ3v) is 6.42. The topological polar surface area (TPSA) is 153 Å². The van der Waals surface area contributed by atoms with E-state index < -0.39 is 18.4 Å². The van der Waals surface area contributed by atoms with Crippen molar-refractivity contribution in [3.05, 3.63) is 82.4 Å². The number of anilines is 1. The van der Waals surface area contributed by atoms with Crippen molar-refractivity contribution in [1.29, 1.82) is 0 Å². The summed E-state index contributed by atoms with van der Waals surface area (Å²) in [6, 6.07) is 11.6. The van der Waals surface area contributed by atoms with E-state index in [1.54, 1.807) is 47.0 Å². The number of benzene rings is 2. The van der Waals surface area contributed by atoms with Gasteiger partial charge < -0.3 is 20.7 Å². The number of rotatable bonds is 2. The number of fused-ring (bicyclic) bond motifs is 3. The molecule has 178 valence electrons. The van der Waals surface area contributed by atoms with Gasteiger partial charge in [-0.1, -0.05) is 30.2 Å². The number of nitrogens with two attached hydrogens (primary N) is 1. The first kappa shape index (κ1) is 22.1. The highest BCUT2D eigenvalue weighted by atomic mass is 16.5. The van der Waals surface area contributed by atoms with Crippen LogP contribution in [0.3, 0.4) is 0 Å². The Labute approximate surface area is 204 Å². The van der Waals surface area contributed by atoms with Gasteiger partial charge in [-0.2, -0.15) is 0 Å². The molecule has 0 amide bonds. The number of carbonyl (C=O) groups is 2. The molecule has 10 nitrogen and oxygen atoms in total. The zero-order valence-corrected chi connectivity index (χ0v) is 18.8. The van der Waals surface area contributed by atoms with E-state index in [4.69, 9.17) is 10.5 Å². The van der Waals surface area contributed by atoms with Crippen molar-refractivity contribution in [1.82, 2.24) is 19.5 Å². The largest absolute Gasteiger partial charge is 0.394 e. The van der Waals surface area contributed by atoms with Crippen molar-refractivity contribution in [3.63, 3.8) is 0 Å². The fraction of sp³-hybridized carbons (Fsp3) is 0.192. The van der Waals surface area contributed by atoms with Crippen LogP contribution in [0.15, 0.2) is 48.8 Å². The molecule has 10 heteroatoms. The third kappa shape index (κ3) is 3.37. The first-order valence-corrected chi connectivity index (χ1v) is 11.2. The first-order valence-electron chi connectivity index (χ1n) is 11.2. The van der Waals surface area contributed by atoms with E-state index >= 15 is 0 Å². The second-order valence-corrected chi connectivity index (χ2v) is 8.57.